The number of carbonyl (C=O) groups excluding carboxylic acids is 1. The number of likely N-dealkylation sites (tertiary alicyclic amines) is 1. The Balaban J connectivity index is 0.00000256. The van der Waals surface area contributed by atoms with Crippen molar-refractivity contribution < 1.29 is 4.79 Å². The Bertz CT molecular complexity index is 248. The first-order chi connectivity index (χ1) is 7.32. The smallest absolute Gasteiger partial charge is 0.239 e. The summed E-state index contributed by atoms with van der Waals surface area (Å²) in [6.07, 6.45) is 3.45. The maximum absolute atomic E-state index is 11.8. The quantitative estimate of drug-likeness (QED) is 0.789. The molecule has 2 atom stereocenters. The lowest BCUT2D eigenvalue weighted by Crippen LogP contribution is -2.42. The molecule has 0 aromatic carbocycles. The van der Waals surface area contributed by atoms with Crippen LogP contribution in [0.15, 0.2) is 0 Å². The number of nitrogens with zero attached hydrogens (tertiary/aromatic N) is 1. The fourth-order valence-corrected chi connectivity index (χ4v) is 2.47. The van der Waals surface area contributed by atoms with E-state index in [0.717, 1.165) is 31.8 Å². The van der Waals surface area contributed by atoms with Crippen LogP contribution >= 0.6 is 12.4 Å². The van der Waals surface area contributed by atoms with Gasteiger partial charge in [0.25, 0.3) is 0 Å². The summed E-state index contributed by atoms with van der Waals surface area (Å²) in [6, 6.07) is -0.355. The van der Waals surface area contributed by atoms with Crippen LogP contribution in [-0.4, -0.2) is 29.9 Å². The first-order valence-electron chi connectivity index (χ1n) is 6.36. The Hall–Kier alpha value is -0.280. The van der Waals surface area contributed by atoms with E-state index in [1.165, 1.54) is 6.42 Å². The van der Waals surface area contributed by atoms with Crippen molar-refractivity contribution in [3.63, 3.8) is 0 Å². The average Bonchev–Trinajstić information content (AvgIpc) is 2.40. The van der Waals surface area contributed by atoms with E-state index in [4.69, 9.17) is 5.73 Å². The van der Waals surface area contributed by atoms with Crippen molar-refractivity contribution in [2.24, 2.45) is 17.1 Å². The molecule has 102 valence electrons. The number of rotatable bonds is 1. The Morgan fingerprint density at radius 3 is 2.35 bits per heavy atom. The van der Waals surface area contributed by atoms with Gasteiger partial charge in [0, 0.05) is 13.1 Å². The van der Waals surface area contributed by atoms with E-state index in [2.05, 4.69) is 20.8 Å². The molecule has 0 spiro atoms. The van der Waals surface area contributed by atoms with Crippen LogP contribution in [0.3, 0.4) is 0 Å². The molecule has 1 fully saturated rings. The zero-order chi connectivity index (χ0) is 12.3. The molecule has 0 aromatic rings. The third-order valence-corrected chi connectivity index (χ3v) is 3.65. The van der Waals surface area contributed by atoms with Gasteiger partial charge in [-0.3, -0.25) is 4.79 Å². The first-order valence-corrected chi connectivity index (χ1v) is 6.36. The van der Waals surface area contributed by atoms with Crippen molar-refractivity contribution in [2.75, 3.05) is 13.1 Å². The lowest BCUT2D eigenvalue weighted by molar-refractivity contribution is -0.132. The molecule has 1 amide bonds. The van der Waals surface area contributed by atoms with E-state index in [1.54, 1.807) is 6.92 Å². The van der Waals surface area contributed by atoms with Crippen molar-refractivity contribution in [1.82, 2.24) is 4.90 Å². The van der Waals surface area contributed by atoms with E-state index in [0.29, 0.717) is 5.41 Å². The van der Waals surface area contributed by atoms with Crippen LogP contribution in [-0.2, 0) is 4.79 Å². The fraction of sp³-hybridized carbons (Fsp3) is 0.923. The van der Waals surface area contributed by atoms with Gasteiger partial charge in [-0.05, 0) is 37.5 Å². The van der Waals surface area contributed by atoms with Gasteiger partial charge < -0.3 is 10.6 Å². The third-order valence-electron chi connectivity index (χ3n) is 3.65. The SMILES string of the molecule is C[C@@H](N)C(=O)N1CCCC(C(C)(C)C)CC1.Cl. The third kappa shape index (κ3) is 4.84. The van der Waals surface area contributed by atoms with Crippen LogP contribution in [0.1, 0.15) is 47.0 Å². The predicted octanol–water partition coefficient (Wildman–Crippen LogP) is 2.43. The lowest BCUT2D eigenvalue weighted by Gasteiger charge is -2.30. The molecule has 1 unspecified atom stereocenters. The molecular weight excluding hydrogens is 236 g/mol. The van der Waals surface area contributed by atoms with Gasteiger partial charge in [-0.2, -0.15) is 0 Å². The zero-order valence-electron chi connectivity index (χ0n) is 11.5. The van der Waals surface area contributed by atoms with Crippen LogP contribution in [0.5, 0.6) is 0 Å². The molecule has 1 rings (SSSR count). The molecular formula is C13H27ClN2O. The number of hydrogen-bond acceptors (Lipinski definition) is 2. The second-order valence-corrected chi connectivity index (χ2v) is 6.11. The molecule has 0 aromatic heterocycles. The molecule has 3 nitrogen and oxygen atoms in total. The van der Waals surface area contributed by atoms with Crippen molar-refractivity contribution in [3.05, 3.63) is 0 Å². The van der Waals surface area contributed by atoms with Gasteiger partial charge in [-0.15, -0.1) is 12.4 Å². The summed E-state index contributed by atoms with van der Waals surface area (Å²) in [5.41, 5.74) is 6.00. The number of amides is 1. The molecule has 2 N–H and O–H groups in total. The Labute approximate surface area is 112 Å². The van der Waals surface area contributed by atoms with E-state index < -0.39 is 0 Å². The summed E-state index contributed by atoms with van der Waals surface area (Å²) in [4.78, 5) is 13.7. The van der Waals surface area contributed by atoms with Gasteiger partial charge in [0.05, 0.1) is 6.04 Å². The van der Waals surface area contributed by atoms with Crippen molar-refractivity contribution >= 4 is 18.3 Å². The van der Waals surface area contributed by atoms with Gasteiger partial charge in [0.2, 0.25) is 5.91 Å². The monoisotopic (exact) mass is 262 g/mol. The maximum Gasteiger partial charge on any atom is 0.239 e. The fourth-order valence-electron chi connectivity index (χ4n) is 2.47. The van der Waals surface area contributed by atoms with Crippen LogP contribution in [0.25, 0.3) is 0 Å². The highest BCUT2D eigenvalue weighted by atomic mass is 35.5. The zero-order valence-corrected chi connectivity index (χ0v) is 12.3. The summed E-state index contributed by atoms with van der Waals surface area (Å²) in [7, 11) is 0. The summed E-state index contributed by atoms with van der Waals surface area (Å²) >= 11 is 0. The Morgan fingerprint density at radius 2 is 1.88 bits per heavy atom. The number of nitrogens with two attached hydrogens (primary N) is 1. The standard InChI is InChI=1S/C13H26N2O.ClH/c1-10(14)12(16)15-8-5-6-11(7-9-15)13(2,3)4;/h10-11H,5-9,14H2,1-4H3;1H/t10-,11?;/m1./s1. The van der Waals surface area contributed by atoms with Crippen LogP contribution < -0.4 is 5.73 Å². The van der Waals surface area contributed by atoms with Crippen molar-refractivity contribution in [2.45, 2.75) is 53.0 Å². The van der Waals surface area contributed by atoms with E-state index in [9.17, 15) is 4.79 Å². The molecule has 1 aliphatic rings. The predicted molar refractivity (Wildman–Crippen MR) is 74.3 cm³/mol. The average molecular weight is 263 g/mol. The lowest BCUT2D eigenvalue weighted by atomic mass is 9.77. The van der Waals surface area contributed by atoms with Gasteiger partial charge in [-0.25, -0.2) is 0 Å². The minimum Gasteiger partial charge on any atom is -0.341 e. The number of carbonyl (C=O) groups is 1. The second-order valence-electron chi connectivity index (χ2n) is 6.11. The van der Waals surface area contributed by atoms with Gasteiger partial charge in [0.15, 0.2) is 0 Å². The summed E-state index contributed by atoms with van der Waals surface area (Å²) < 4.78 is 0. The van der Waals surface area contributed by atoms with E-state index >= 15 is 0 Å². The van der Waals surface area contributed by atoms with Gasteiger partial charge in [0.1, 0.15) is 0 Å². The molecule has 4 heteroatoms. The van der Waals surface area contributed by atoms with Crippen LogP contribution in [0.2, 0.25) is 0 Å². The van der Waals surface area contributed by atoms with Gasteiger partial charge >= 0.3 is 0 Å². The molecule has 1 saturated heterocycles. The van der Waals surface area contributed by atoms with Crippen LogP contribution in [0.4, 0.5) is 0 Å². The molecule has 0 radical (unpaired) electrons. The Morgan fingerprint density at radius 1 is 1.29 bits per heavy atom. The van der Waals surface area contributed by atoms with E-state index in [1.807, 2.05) is 4.90 Å². The highest BCUT2D eigenvalue weighted by Crippen LogP contribution is 2.34. The van der Waals surface area contributed by atoms with E-state index in [-0.39, 0.29) is 24.4 Å². The topological polar surface area (TPSA) is 46.3 Å². The molecule has 0 saturated carbocycles. The molecule has 1 heterocycles. The van der Waals surface area contributed by atoms with Crippen molar-refractivity contribution in [1.29, 1.82) is 0 Å². The van der Waals surface area contributed by atoms with Gasteiger partial charge in [-0.1, -0.05) is 20.8 Å². The van der Waals surface area contributed by atoms with Crippen molar-refractivity contribution in [3.8, 4) is 0 Å². The minimum atomic E-state index is -0.355. The number of hydrogen-bond donors (Lipinski definition) is 1. The number of halogens is 1. The normalized spacial score (nSPS) is 23.6. The minimum absolute atomic E-state index is 0. The molecule has 0 bridgehead atoms. The highest BCUT2D eigenvalue weighted by Gasteiger charge is 2.28. The summed E-state index contributed by atoms with van der Waals surface area (Å²) in [5.74, 6) is 0.827. The second kappa shape index (κ2) is 6.60. The summed E-state index contributed by atoms with van der Waals surface area (Å²) in [6.45, 7) is 10.4. The largest absolute Gasteiger partial charge is 0.341 e. The maximum atomic E-state index is 11.8. The highest BCUT2D eigenvalue weighted by molar-refractivity contribution is 5.85. The van der Waals surface area contributed by atoms with Crippen LogP contribution in [0, 0.1) is 11.3 Å². The molecule has 0 aliphatic carbocycles. The molecule has 17 heavy (non-hydrogen) atoms. The summed E-state index contributed by atoms with van der Waals surface area (Å²) in [5, 5.41) is 0. The molecule has 1 aliphatic heterocycles. The first kappa shape index (κ1) is 16.7. The Kier molecular flexibility index (Phi) is 6.49.